The van der Waals surface area contributed by atoms with Gasteiger partial charge < -0.3 is 15.5 Å². The minimum Gasteiger partial charge on any atom is -0.370 e. The van der Waals surface area contributed by atoms with Gasteiger partial charge in [-0.3, -0.25) is 0 Å². The molecule has 0 radical (unpaired) electrons. The normalized spacial score (nSPS) is 15.6. The monoisotopic (exact) mass is 574 g/mol. The Morgan fingerprint density at radius 3 is 2.74 bits per heavy atom. The van der Waals surface area contributed by atoms with Gasteiger partial charge in [-0.05, 0) is 71.1 Å². The highest BCUT2D eigenvalue weighted by molar-refractivity contribution is 9.10. The van der Waals surface area contributed by atoms with Crippen molar-refractivity contribution in [2.75, 3.05) is 25.0 Å². The highest BCUT2D eigenvalue weighted by atomic mass is 79.9. The van der Waals surface area contributed by atoms with Gasteiger partial charge in [-0.15, -0.1) is 0 Å². The Morgan fingerprint density at radius 1 is 1.13 bits per heavy atom. The molecule has 1 aliphatic heterocycles. The third-order valence-corrected chi connectivity index (χ3v) is 8.00. The molecule has 0 spiro atoms. The van der Waals surface area contributed by atoms with Gasteiger partial charge in [-0.2, -0.15) is 9.61 Å². The number of amides is 2. The van der Waals surface area contributed by atoms with E-state index in [-0.39, 0.29) is 6.03 Å². The van der Waals surface area contributed by atoms with E-state index in [9.17, 15) is 4.79 Å². The Kier molecular flexibility index (Phi) is 8.27. The Balaban J connectivity index is 1.20. The van der Waals surface area contributed by atoms with E-state index in [4.69, 9.17) is 4.98 Å². The van der Waals surface area contributed by atoms with Crippen molar-refractivity contribution >= 4 is 33.4 Å². The number of piperidine rings is 1. The van der Waals surface area contributed by atoms with Crippen molar-refractivity contribution in [2.45, 2.75) is 46.1 Å². The zero-order valence-corrected chi connectivity index (χ0v) is 23.7. The average Bonchev–Trinajstić information content (AvgIpc) is 3.32. The van der Waals surface area contributed by atoms with Gasteiger partial charge in [0, 0.05) is 37.8 Å². The smallest absolute Gasteiger partial charge is 0.317 e. The summed E-state index contributed by atoms with van der Waals surface area (Å²) in [4.78, 5) is 19.8. The van der Waals surface area contributed by atoms with Crippen molar-refractivity contribution in [1.82, 2.24) is 24.8 Å². The fraction of sp³-hybridized carbons (Fsp3) is 0.367. The third kappa shape index (κ3) is 5.85. The standard InChI is InChI=1S/C30H35BrN6O/c1-3-23-11-5-6-12-24(23)18-33-30(38)36-16-8-10-22(20-36)14-15-32-28-17-27(25-13-7-4-9-21(25)2)35-29-26(31)19-34-37(28)29/h4-7,9,11-13,17,19,22,32H,3,8,10,14-16,18,20H2,1-2H3,(H,33,38). The van der Waals surface area contributed by atoms with Crippen LogP contribution in [0.3, 0.4) is 0 Å². The van der Waals surface area contributed by atoms with E-state index in [1.807, 2.05) is 27.6 Å². The predicted octanol–water partition coefficient (Wildman–Crippen LogP) is 6.45. The Morgan fingerprint density at radius 2 is 1.92 bits per heavy atom. The minimum atomic E-state index is 0.0358. The summed E-state index contributed by atoms with van der Waals surface area (Å²) in [6, 6.07) is 18.7. The molecule has 2 aromatic carbocycles. The van der Waals surface area contributed by atoms with Crippen LogP contribution >= 0.6 is 15.9 Å². The van der Waals surface area contributed by atoms with Gasteiger partial charge in [0.05, 0.1) is 16.4 Å². The summed E-state index contributed by atoms with van der Waals surface area (Å²) in [7, 11) is 0. The predicted molar refractivity (Wildman–Crippen MR) is 156 cm³/mol. The fourth-order valence-corrected chi connectivity index (χ4v) is 5.66. The van der Waals surface area contributed by atoms with E-state index < -0.39 is 0 Å². The highest BCUT2D eigenvalue weighted by Gasteiger charge is 2.23. The van der Waals surface area contributed by atoms with Crippen molar-refractivity contribution in [3.05, 3.63) is 82.0 Å². The first-order valence-corrected chi connectivity index (χ1v) is 14.3. The van der Waals surface area contributed by atoms with Gasteiger partial charge in [-0.1, -0.05) is 55.5 Å². The lowest BCUT2D eigenvalue weighted by Crippen LogP contribution is -2.45. The van der Waals surface area contributed by atoms with Crippen LogP contribution in [0.4, 0.5) is 10.6 Å². The molecule has 1 atom stereocenters. The van der Waals surface area contributed by atoms with Gasteiger partial charge in [0.1, 0.15) is 5.82 Å². The van der Waals surface area contributed by atoms with Gasteiger partial charge in [0.25, 0.3) is 0 Å². The molecule has 1 saturated heterocycles. The quantitative estimate of drug-likeness (QED) is 0.253. The summed E-state index contributed by atoms with van der Waals surface area (Å²) < 4.78 is 2.71. The van der Waals surface area contributed by atoms with Gasteiger partial charge in [0.2, 0.25) is 0 Å². The van der Waals surface area contributed by atoms with Crippen LogP contribution in [0.5, 0.6) is 0 Å². The van der Waals surface area contributed by atoms with Crippen molar-refractivity contribution in [3.63, 3.8) is 0 Å². The van der Waals surface area contributed by atoms with Crippen molar-refractivity contribution in [2.24, 2.45) is 5.92 Å². The number of likely N-dealkylation sites (tertiary alicyclic amines) is 1. The largest absolute Gasteiger partial charge is 0.370 e. The van der Waals surface area contributed by atoms with E-state index >= 15 is 0 Å². The van der Waals surface area contributed by atoms with E-state index in [0.717, 1.165) is 72.5 Å². The minimum absolute atomic E-state index is 0.0358. The lowest BCUT2D eigenvalue weighted by molar-refractivity contribution is 0.163. The molecule has 1 fully saturated rings. The maximum Gasteiger partial charge on any atom is 0.317 e. The van der Waals surface area contributed by atoms with Crippen LogP contribution in [-0.4, -0.2) is 45.2 Å². The summed E-state index contributed by atoms with van der Waals surface area (Å²) in [5.74, 6) is 1.38. The van der Waals surface area contributed by atoms with Crippen LogP contribution in [0.1, 0.15) is 42.9 Å². The molecule has 7 nitrogen and oxygen atoms in total. The highest BCUT2D eigenvalue weighted by Crippen LogP contribution is 2.28. The molecule has 1 unspecified atom stereocenters. The topological polar surface area (TPSA) is 74.6 Å². The zero-order valence-electron chi connectivity index (χ0n) is 22.1. The number of fused-ring (bicyclic) bond motifs is 1. The molecule has 1 aliphatic rings. The summed E-state index contributed by atoms with van der Waals surface area (Å²) in [5, 5.41) is 11.3. The molecule has 0 bridgehead atoms. The molecule has 0 aliphatic carbocycles. The van der Waals surface area contributed by atoms with Crippen LogP contribution in [0.15, 0.2) is 65.3 Å². The number of nitrogens with zero attached hydrogens (tertiary/aromatic N) is 4. The van der Waals surface area contributed by atoms with Crippen molar-refractivity contribution < 1.29 is 4.79 Å². The van der Waals surface area contributed by atoms with E-state index in [1.54, 1.807) is 6.20 Å². The Labute approximate surface area is 232 Å². The fourth-order valence-electron chi connectivity index (χ4n) is 5.31. The number of nitrogens with one attached hydrogen (secondary N) is 2. The molecule has 4 aromatic rings. The van der Waals surface area contributed by atoms with Crippen LogP contribution in [0.25, 0.3) is 16.9 Å². The number of urea groups is 1. The van der Waals surface area contributed by atoms with Gasteiger partial charge >= 0.3 is 6.03 Å². The second-order valence-electron chi connectivity index (χ2n) is 10.0. The number of carbonyl (C=O) groups excluding carboxylic acids is 1. The van der Waals surface area contributed by atoms with Crippen LogP contribution in [0, 0.1) is 12.8 Å². The number of aromatic nitrogens is 3. The first-order chi connectivity index (χ1) is 18.5. The lowest BCUT2D eigenvalue weighted by Gasteiger charge is -2.33. The number of rotatable bonds is 8. The molecular formula is C30H35BrN6O. The van der Waals surface area contributed by atoms with Crippen LogP contribution < -0.4 is 10.6 Å². The van der Waals surface area contributed by atoms with E-state index in [2.05, 4.69) is 81.9 Å². The molecular weight excluding hydrogens is 540 g/mol. The molecule has 38 heavy (non-hydrogen) atoms. The first kappa shape index (κ1) is 26.2. The van der Waals surface area contributed by atoms with Gasteiger partial charge in [0.15, 0.2) is 5.65 Å². The molecule has 2 aromatic heterocycles. The zero-order chi connectivity index (χ0) is 26.5. The maximum atomic E-state index is 12.9. The van der Waals surface area contributed by atoms with Crippen LogP contribution in [-0.2, 0) is 13.0 Å². The second-order valence-corrected chi connectivity index (χ2v) is 10.9. The third-order valence-electron chi connectivity index (χ3n) is 7.44. The summed E-state index contributed by atoms with van der Waals surface area (Å²) in [6.45, 7) is 7.23. The Hall–Kier alpha value is -3.39. The molecule has 2 N–H and O–H groups in total. The number of hydrogen-bond acceptors (Lipinski definition) is 4. The SMILES string of the molecule is CCc1ccccc1CNC(=O)N1CCCC(CCNc2cc(-c3ccccc3C)nc3c(Br)cnn23)C1. The van der Waals surface area contributed by atoms with Gasteiger partial charge in [-0.25, -0.2) is 9.78 Å². The van der Waals surface area contributed by atoms with Crippen molar-refractivity contribution in [1.29, 1.82) is 0 Å². The molecule has 5 rings (SSSR count). The number of anilines is 1. The molecule has 3 heterocycles. The Bertz CT molecular complexity index is 1420. The molecule has 198 valence electrons. The van der Waals surface area contributed by atoms with Crippen LogP contribution in [0.2, 0.25) is 0 Å². The molecule has 8 heteroatoms. The number of hydrogen-bond donors (Lipinski definition) is 2. The lowest BCUT2D eigenvalue weighted by atomic mass is 9.95. The second kappa shape index (κ2) is 12.0. The number of halogens is 1. The number of benzene rings is 2. The van der Waals surface area contributed by atoms with Crippen molar-refractivity contribution in [3.8, 4) is 11.3 Å². The number of aryl methyl sites for hydroxylation is 2. The molecule has 0 saturated carbocycles. The summed E-state index contributed by atoms with van der Waals surface area (Å²) >= 11 is 3.60. The number of carbonyl (C=O) groups is 1. The molecule has 2 amide bonds. The van der Waals surface area contributed by atoms with E-state index in [0.29, 0.717) is 12.5 Å². The summed E-state index contributed by atoms with van der Waals surface area (Å²) in [6.07, 6.45) is 5.90. The summed E-state index contributed by atoms with van der Waals surface area (Å²) in [5.41, 5.74) is 6.49. The van der Waals surface area contributed by atoms with E-state index in [1.165, 1.54) is 16.7 Å². The average molecular weight is 576 g/mol. The first-order valence-electron chi connectivity index (χ1n) is 13.5. The maximum absolute atomic E-state index is 12.9.